The molecule has 2 aromatic rings. The summed E-state index contributed by atoms with van der Waals surface area (Å²) < 4.78 is 5.78. The molecule has 0 bridgehead atoms. The lowest BCUT2D eigenvalue weighted by Crippen LogP contribution is -2.25. The maximum Gasteiger partial charge on any atom is 0.253 e. The van der Waals surface area contributed by atoms with Crippen molar-refractivity contribution in [1.82, 2.24) is 5.32 Å². The Labute approximate surface area is 161 Å². The molecule has 1 amide bonds. The van der Waals surface area contributed by atoms with Crippen LogP contribution >= 0.6 is 0 Å². The van der Waals surface area contributed by atoms with E-state index in [1.165, 1.54) is 0 Å². The molecule has 27 heavy (non-hydrogen) atoms. The van der Waals surface area contributed by atoms with Gasteiger partial charge in [-0.05, 0) is 36.1 Å². The molecule has 0 heterocycles. The highest BCUT2D eigenvalue weighted by atomic mass is 16.5. The lowest BCUT2D eigenvalue weighted by Gasteiger charge is -2.10. The molecule has 0 aliphatic carbocycles. The quantitative estimate of drug-likeness (QED) is 0.541. The Morgan fingerprint density at radius 2 is 1.74 bits per heavy atom. The number of amides is 1. The molecule has 0 unspecified atom stereocenters. The smallest absolute Gasteiger partial charge is 0.253 e. The van der Waals surface area contributed by atoms with Crippen molar-refractivity contribution in [2.45, 2.75) is 33.9 Å². The third kappa shape index (κ3) is 7.02. The third-order valence-electron chi connectivity index (χ3n) is 3.94. The van der Waals surface area contributed by atoms with Crippen LogP contribution in [-0.4, -0.2) is 5.91 Å². The Hall–Kier alpha value is -3.01. The fourth-order valence-electron chi connectivity index (χ4n) is 2.40. The van der Waals surface area contributed by atoms with Crippen LogP contribution in [-0.2, 0) is 17.9 Å². The molecule has 0 saturated heterocycles. The van der Waals surface area contributed by atoms with Gasteiger partial charge in [-0.2, -0.15) is 0 Å². The normalized spacial score (nSPS) is 12.1. The second kappa shape index (κ2) is 10.2. The van der Waals surface area contributed by atoms with Crippen molar-refractivity contribution in [3.8, 4) is 5.75 Å². The van der Waals surface area contributed by atoms with E-state index in [1.54, 1.807) is 13.0 Å². The standard InChI is InChI=1S/C23H28N2O2/c1-17(2)9-14-22(18(3)24)23(26)25-15-19-10-12-21(13-11-19)27-16-20-7-5-4-6-8-20/h4-14,17H,15-16,24H2,1-3H3,(H,25,26)/b14-9-,22-18-. The molecule has 0 aliphatic rings. The lowest BCUT2D eigenvalue weighted by atomic mass is 10.1. The molecule has 4 nitrogen and oxygen atoms in total. The second-order valence-corrected chi connectivity index (χ2v) is 6.80. The highest BCUT2D eigenvalue weighted by Crippen LogP contribution is 2.14. The van der Waals surface area contributed by atoms with E-state index in [9.17, 15) is 4.79 Å². The van der Waals surface area contributed by atoms with Gasteiger partial charge in [-0.25, -0.2) is 0 Å². The highest BCUT2D eigenvalue weighted by molar-refractivity contribution is 5.96. The van der Waals surface area contributed by atoms with Crippen molar-refractivity contribution in [2.24, 2.45) is 11.7 Å². The zero-order chi connectivity index (χ0) is 19.6. The third-order valence-corrected chi connectivity index (χ3v) is 3.94. The van der Waals surface area contributed by atoms with Gasteiger partial charge in [0.15, 0.2) is 0 Å². The number of hydrogen-bond donors (Lipinski definition) is 2. The number of ether oxygens (including phenoxy) is 1. The molecule has 0 atom stereocenters. The van der Waals surface area contributed by atoms with Gasteiger partial charge in [-0.15, -0.1) is 0 Å². The van der Waals surface area contributed by atoms with Crippen LogP contribution in [0.5, 0.6) is 5.75 Å². The van der Waals surface area contributed by atoms with E-state index in [0.717, 1.165) is 16.9 Å². The summed E-state index contributed by atoms with van der Waals surface area (Å²) in [4.78, 5) is 12.4. The van der Waals surface area contributed by atoms with Gasteiger partial charge in [0.25, 0.3) is 5.91 Å². The van der Waals surface area contributed by atoms with Crippen molar-refractivity contribution in [3.63, 3.8) is 0 Å². The minimum Gasteiger partial charge on any atom is -0.489 e. The van der Waals surface area contributed by atoms with Crippen molar-refractivity contribution < 1.29 is 9.53 Å². The molecule has 0 fully saturated rings. The van der Waals surface area contributed by atoms with Crippen LogP contribution in [0.1, 0.15) is 31.9 Å². The summed E-state index contributed by atoms with van der Waals surface area (Å²) in [6.45, 7) is 6.81. The Morgan fingerprint density at radius 3 is 2.33 bits per heavy atom. The molecule has 4 heteroatoms. The summed E-state index contributed by atoms with van der Waals surface area (Å²) in [6.07, 6.45) is 3.75. The number of carbonyl (C=O) groups is 1. The number of allylic oxidation sites excluding steroid dienone is 2. The first-order chi connectivity index (χ1) is 13.0. The molecule has 3 N–H and O–H groups in total. The maximum absolute atomic E-state index is 12.4. The number of nitrogens with one attached hydrogen (secondary N) is 1. The Balaban J connectivity index is 1.88. The lowest BCUT2D eigenvalue weighted by molar-refractivity contribution is -0.117. The molecule has 142 valence electrons. The van der Waals surface area contributed by atoms with Crippen LogP contribution in [0.15, 0.2) is 78.0 Å². The van der Waals surface area contributed by atoms with E-state index in [0.29, 0.717) is 30.3 Å². The summed E-state index contributed by atoms with van der Waals surface area (Å²) in [6, 6.07) is 17.7. The second-order valence-electron chi connectivity index (χ2n) is 6.80. The average Bonchev–Trinajstić information content (AvgIpc) is 2.66. The average molecular weight is 364 g/mol. The number of nitrogens with two attached hydrogens (primary N) is 1. The minimum atomic E-state index is -0.170. The summed E-state index contributed by atoms with van der Waals surface area (Å²) in [5.74, 6) is 0.985. The predicted octanol–water partition coefficient (Wildman–Crippen LogP) is 4.33. The SMILES string of the molecule is C/C(N)=C(\C=C/C(C)C)C(=O)NCc1ccc(OCc2ccccc2)cc1. The fourth-order valence-corrected chi connectivity index (χ4v) is 2.40. The zero-order valence-electron chi connectivity index (χ0n) is 16.2. The van der Waals surface area contributed by atoms with Crippen molar-refractivity contribution in [1.29, 1.82) is 0 Å². The number of benzene rings is 2. The molecule has 0 aliphatic heterocycles. The summed E-state index contributed by atoms with van der Waals surface area (Å²) >= 11 is 0. The molecule has 2 aromatic carbocycles. The van der Waals surface area contributed by atoms with E-state index in [1.807, 2.05) is 60.7 Å². The fraction of sp³-hybridized carbons (Fsp3) is 0.261. The summed E-state index contributed by atoms with van der Waals surface area (Å²) in [7, 11) is 0. The van der Waals surface area contributed by atoms with E-state index in [-0.39, 0.29) is 5.91 Å². The molecule has 0 aromatic heterocycles. The van der Waals surface area contributed by atoms with Gasteiger partial charge in [0.05, 0.1) is 5.57 Å². The van der Waals surface area contributed by atoms with Crippen LogP contribution in [0, 0.1) is 5.92 Å². The van der Waals surface area contributed by atoms with Gasteiger partial charge in [-0.1, -0.05) is 68.5 Å². The van der Waals surface area contributed by atoms with Gasteiger partial charge in [-0.3, -0.25) is 4.79 Å². The molecular weight excluding hydrogens is 336 g/mol. The number of hydrogen-bond acceptors (Lipinski definition) is 3. The van der Waals surface area contributed by atoms with Crippen molar-refractivity contribution >= 4 is 5.91 Å². The largest absolute Gasteiger partial charge is 0.489 e. The van der Waals surface area contributed by atoms with Crippen LogP contribution in [0.4, 0.5) is 0 Å². The summed E-state index contributed by atoms with van der Waals surface area (Å²) in [5.41, 5.74) is 8.98. The first kappa shape index (κ1) is 20.3. The van der Waals surface area contributed by atoms with Crippen LogP contribution in [0.3, 0.4) is 0 Å². The van der Waals surface area contributed by atoms with E-state index < -0.39 is 0 Å². The molecular formula is C23H28N2O2. The van der Waals surface area contributed by atoms with Gasteiger partial charge >= 0.3 is 0 Å². The first-order valence-electron chi connectivity index (χ1n) is 9.14. The zero-order valence-corrected chi connectivity index (χ0v) is 16.2. The summed E-state index contributed by atoms with van der Waals surface area (Å²) in [5, 5.41) is 2.91. The van der Waals surface area contributed by atoms with Crippen molar-refractivity contribution in [3.05, 3.63) is 89.1 Å². The molecule has 0 radical (unpaired) electrons. The molecule has 0 saturated carbocycles. The first-order valence-corrected chi connectivity index (χ1v) is 9.14. The predicted molar refractivity (Wildman–Crippen MR) is 110 cm³/mol. The van der Waals surface area contributed by atoms with Crippen LogP contribution in [0.25, 0.3) is 0 Å². The van der Waals surface area contributed by atoms with Gasteiger partial charge in [0, 0.05) is 12.2 Å². The Morgan fingerprint density at radius 1 is 1.07 bits per heavy atom. The monoisotopic (exact) mass is 364 g/mol. The van der Waals surface area contributed by atoms with Crippen LogP contribution in [0.2, 0.25) is 0 Å². The van der Waals surface area contributed by atoms with E-state index in [2.05, 4.69) is 19.2 Å². The molecule has 0 spiro atoms. The highest BCUT2D eigenvalue weighted by Gasteiger charge is 2.09. The Kier molecular flexibility index (Phi) is 7.68. The van der Waals surface area contributed by atoms with Gasteiger partial charge < -0.3 is 15.8 Å². The number of carbonyl (C=O) groups excluding carboxylic acids is 1. The van der Waals surface area contributed by atoms with E-state index in [4.69, 9.17) is 10.5 Å². The minimum absolute atomic E-state index is 0.170. The topological polar surface area (TPSA) is 64.4 Å². The Bertz CT molecular complexity index is 787. The maximum atomic E-state index is 12.4. The number of rotatable bonds is 8. The van der Waals surface area contributed by atoms with Crippen molar-refractivity contribution in [2.75, 3.05) is 0 Å². The van der Waals surface area contributed by atoms with Gasteiger partial charge in [0.2, 0.25) is 0 Å². The molecule has 2 rings (SSSR count). The van der Waals surface area contributed by atoms with Gasteiger partial charge in [0.1, 0.15) is 12.4 Å². The van der Waals surface area contributed by atoms with Crippen LogP contribution < -0.4 is 15.8 Å². The van der Waals surface area contributed by atoms with E-state index >= 15 is 0 Å².